The zero-order valence-corrected chi connectivity index (χ0v) is 8.50. The first kappa shape index (κ1) is 6.67. The van der Waals surface area contributed by atoms with Crippen molar-refractivity contribution in [2.45, 2.75) is 6.42 Å². The van der Waals surface area contributed by atoms with Gasteiger partial charge in [-0.3, -0.25) is 0 Å². The molecule has 0 N–H and O–H groups in total. The summed E-state index contributed by atoms with van der Waals surface area (Å²) in [4.78, 5) is 0. The maximum atomic E-state index is 5.29. The molecule has 0 amide bonds. The summed E-state index contributed by atoms with van der Waals surface area (Å²) in [7, 11) is 0.796. The molecule has 0 fully saturated rings. The summed E-state index contributed by atoms with van der Waals surface area (Å²) >= 11 is 0. The van der Waals surface area contributed by atoms with Crippen LogP contribution in [0.4, 0.5) is 0 Å². The van der Waals surface area contributed by atoms with E-state index in [1.165, 1.54) is 11.1 Å². The van der Waals surface area contributed by atoms with E-state index in [9.17, 15) is 0 Å². The molecule has 2 heteroatoms. The fourth-order valence-corrected chi connectivity index (χ4v) is 1.64. The quantitative estimate of drug-likeness (QED) is 0.557. The Hall–Kier alpha value is -1.02. The largest absolute Gasteiger partial charge is 0.556 e. The van der Waals surface area contributed by atoms with Crippen molar-refractivity contribution in [2.24, 2.45) is 0 Å². The van der Waals surface area contributed by atoms with Crippen molar-refractivity contribution in [2.75, 3.05) is 0 Å². The van der Waals surface area contributed by atoms with E-state index in [-0.39, 0.29) is 0 Å². The molecular weight excluding hydrogens is 152 g/mol. The Morgan fingerprint density at radius 1 is 1.27 bits per heavy atom. The molecule has 0 atom stereocenters. The maximum absolute atomic E-state index is 5.29. The molecule has 0 spiro atoms. The lowest BCUT2D eigenvalue weighted by Crippen LogP contribution is -1.86. The molecule has 1 nitrogen and oxygen atoms in total. The van der Waals surface area contributed by atoms with Crippen LogP contribution >= 0.6 is 0 Å². The summed E-state index contributed by atoms with van der Waals surface area (Å²) in [5.41, 5.74) is 2.71. The highest BCUT2D eigenvalue weighted by molar-refractivity contribution is 5.99. The van der Waals surface area contributed by atoms with E-state index in [1.807, 2.05) is 0 Å². The monoisotopic (exact) mass is 162 g/mol. The van der Waals surface area contributed by atoms with Gasteiger partial charge >= 0.3 is 0 Å². The predicted octanol–water partition coefficient (Wildman–Crippen LogP) is 0.881. The second-order valence-electron chi connectivity index (χ2n) is 2.69. The van der Waals surface area contributed by atoms with Gasteiger partial charge in [0, 0.05) is 6.42 Å². The first-order valence-electron chi connectivity index (χ1n) is 3.72. The lowest BCUT2D eigenvalue weighted by molar-refractivity contribution is 0.465. The topological polar surface area (TPSA) is 9.23 Å². The molecule has 56 valence electrons. The smallest absolute Gasteiger partial charge is 0.203 e. The van der Waals surface area contributed by atoms with E-state index < -0.39 is 0 Å². The molecule has 0 bridgehead atoms. The Labute approximate surface area is 69.2 Å². The molecular formula is C9H10OSi. The van der Waals surface area contributed by atoms with Gasteiger partial charge in [0.1, 0.15) is 0 Å². The molecule has 0 unspecified atom stereocenters. The molecule has 0 saturated carbocycles. The average Bonchev–Trinajstić information content (AvgIpc) is 2.46. The molecule has 1 aliphatic rings. The second-order valence-corrected chi connectivity index (χ2v) is 3.10. The van der Waals surface area contributed by atoms with Crippen LogP contribution in [0.25, 0.3) is 6.08 Å². The number of rotatable bonds is 1. The van der Waals surface area contributed by atoms with Gasteiger partial charge in [0.2, 0.25) is 10.5 Å². The molecule has 0 heterocycles. The number of fused-ring (bicyclic) bond motifs is 1. The van der Waals surface area contributed by atoms with Crippen molar-refractivity contribution in [1.82, 2.24) is 0 Å². The Kier molecular flexibility index (Phi) is 1.54. The maximum Gasteiger partial charge on any atom is 0.203 e. The standard InChI is InChI=1S/C9H10OSi/c11-10-9-5-7-3-1-2-4-8(7)6-9/h1-5H,6H2,11H3. The van der Waals surface area contributed by atoms with Crippen LogP contribution in [0, 0.1) is 0 Å². The molecule has 0 radical (unpaired) electrons. The van der Waals surface area contributed by atoms with Crippen LogP contribution in [0.2, 0.25) is 0 Å². The lowest BCUT2D eigenvalue weighted by Gasteiger charge is -1.98. The van der Waals surface area contributed by atoms with Crippen LogP contribution in [0.3, 0.4) is 0 Å². The van der Waals surface area contributed by atoms with E-state index in [2.05, 4.69) is 30.3 Å². The minimum atomic E-state index is 0.796. The van der Waals surface area contributed by atoms with Gasteiger partial charge in [0.15, 0.2) is 0 Å². The lowest BCUT2D eigenvalue weighted by atomic mass is 10.1. The van der Waals surface area contributed by atoms with Crippen molar-refractivity contribution >= 4 is 16.6 Å². The zero-order chi connectivity index (χ0) is 7.68. The van der Waals surface area contributed by atoms with Crippen LogP contribution in [-0.2, 0) is 10.8 Å². The van der Waals surface area contributed by atoms with Crippen molar-refractivity contribution in [3.05, 3.63) is 41.2 Å². The van der Waals surface area contributed by atoms with Gasteiger partial charge in [-0.25, -0.2) is 0 Å². The Balaban J connectivity index is 2.39. The van der Waals surface area contributed by atoms with Gasteiger partial charge in [0.25, 0.3) is 0 Å². The highest BCUT2D eigenvalue weighted by Crippen LogP contribution is 2.24. The van der Waals surface area contributed by atoms with Crippen molar-refractivity contribution < 1.29 is 4.43 Å². The molecule has 11 heavy (non-hydrogen) atoms. The fraction of sp³-hybridized carbons (Fsp3) is 0.111. The van der Waals surface area contributed by atoms with Crippen molar-refractivity contribution in [1.29, 1.82) is 0 Å². The molecule has 1 aromatic carbocycles. The van der Waals surface area contributed by atoms with E-state index >= 15 is 0 Å². The van der Waals surface area contributed by atoms with Crippen LogP contribution in [-0.4, -0.2) is 10.5 Å². The third-order valence-corrected chi connectivity index (χ3v) is 2.52. The van der Waals surface area contributed by atoms with Crippen molar-refractivity contribution in [3.8, 4) is 0 Å². The van der Waals surface area contributed by atoms with E-state index in [1.54, 1.807) is 0 Å². The minimum Gasteiger partial charge on any atom is -0.556 e. The summed E-state index contributed by atoms with van der Waals surface area (Å²) < 4.78 is 5.29. The molecule has 1 aliphatic carbocycles. The molecule has 0 aromatic heterocycles. The second kappa shape index (κ2) is 2.55. The highest BCUT2D eigenvalue weighted by atomic mass is 28.2. The summed E-state index contributed by atoms with van der Waals surface area (Å²) in [6.07, 6.45) is 3.11. The highest BCUT2D eigenvalue weighted by Gasteiger charge is 2.10. The Morgan fingerprint density at radius 2 is 2.09 bits per heavy atom. The molecule has 2 rings (SSSR count). The normalized spacial score (nSPS) is 14.4. The predicted molar refractivity (Wildman–Crippen MR) is 49.1 cm³/mol. The van der Waals surface area contributed by atoms with Gasteiger partial charge in [-0.1, -0.05) is 24.3 Å². The fourth-order valence-electron chi connectivity index (χ4n) is 1.38. The van der Waals surface area contributed by atoms with Gasteiger partial charge in [-0.05, 0) is 17.2 Å². The Morgan fingerprint density at radius 3 is 2.82 bits per heavy atom. The van der Waals surface area contributed by atoms with Gasteiger partial charge < -0.3 is 4.43 Å². The number of benzene rings is 1. The number of hydrogen-bond acceptors (Lipinski definition) is 1. The third kappa shape index (κ3) is 1.09. The zero-order valence-electron chi connectivity index (χ0n) is 6.50. The molecule has 0 aliphatic heterocycles. The summed E-state index contributed by atoms with van der Waals surface area (Å²) in [5, 5.41) is 0. The first-order valence-corrected chi connectivity index (χ1v) is 4.54. The minimum absolute atomic E-state index is 0.796. The SMILES string of the molecule is [SiH3]OC1=Cc2ccccc2C1. The van der Waals surface area contributed by atoms with Crippen LogP contribution in [0.15, 0.2) is 30.0 Å². The summed E-state index contributed by atoms with van der Waals surface area (Å²) in [6, 6.07) is 8.41. The van der Waals surface area contributed by atoms with E-state index in [4.69, 9.17) is 4.43 Å². The first-order chi connectivity index (χ1) is 5.40. The number of allylic oxidation sites excluding steroid dienone is 1. The van der Waals surface area contributed by atoms with Crippen LogP contribution in [0.1, 0.15) is 11.1 Å². The summed E-state index contributed by atoms with van der Waals surface area (Å²) in [5.74, 6) is 1.12. The van der Waals surface area contributed by atoms with Crippen LogP contribution in [0.5, 0.6) is 0 Å². The van der Waals surface area contributed by atoms with Gasteiger partial charge in [0.05, 0.1) is 5.76 Å². The van der Waals surface area contributed by atoms with Gasteiger partial charge in [-0.2, -0.15) is 0 Å². The van der Waals surface area contributed by atoms with E-state index in [0.29, 0.717) is 0 Å². The van der Waals surface area contributed by atoms with Gasteiger partial charge in [-0.15, -0.1) is 0 Å². The molecule has 0 saturated heterocycles. The van der Waals surface area contributed by atoms with E-state index in [0.717, 1.165) is 22.7 Å². The summed E-state index contributed by atoms with van der Waals surface area (Å²) in [6.45, 7) is 0. The average molecular weight is 162 g/mol. The third-order valence-electron chi connectivity index (χ3n) is 2.00. The molecule has 1 aromatic rings. The van der Waals surface area contributed by atoms with Crippen molar-refractivity contribution in [3.63, 3.8) is 0 Å². The Bertz CT molecular complexity index is 304. The number of hydrogen-bond donors (Lipinski definition) is 0. The van der Waals surface area contributed by atoms with Crippen LogP contribution < -0.4 is 0 Å².